The molecule has 1 heterocycles. The highest BCUT2D eigenvalue weighted by molar-refractivity contribution is 9.09. The van der Waals surface area contributed by atoms with Gasteiger partial charge < -0.3 is 5.32 Å². The monoisotopic (exact) mass is 243 g/mol. The molecule has 1 unspecified atom stereocenters. The van der Waals surface area contributed by atoms with E-state index in [1.165, 1.54) is 0 Å². The lowest BCUT2D eigenvalue weighted by atomic mass is 10.2. The van der Waals surface area contributed by atoms with Crippen molar-refractivity contribution in [3.63, 3.8) is 0 Å². The molecule has 1 N–H and O–H groups in total. The highest BCUT2D eigenvalue weighted by Gasteiger charge is 2.00. The Morgan fingerprint density at radius 2 is 2.15 bits per heavy atom. The van der Waals surface area contributed by atoms with E-state index < -0.39 is 0 Å². The molecular weight excluding hydrogens is 230 g/mol. The molecular formula is C9H14BrN3. The van der Waals surface area contributed by atoms with Crippen molar-refractivity contribution in [2.24, 2.45) is 0 Å². The Kier molecular flexibility index (Phi) is 4.93. The molecule has 0 aromatic carbocycles. The van der Waals surface area contributed by atoms with Crippen LogP contribution in [-0.2, 0) is 6.54 Å². The van der Waals surface area contributed by atoms with Gasteiger partial charge in [-0.1, -0.05) is 15.9 Å². The molecule has 0 aliphatic carbocycles. The Labute approximate surface area is 87.1 Å². The van der Waals surface area contributed by atoms with Crippen molar-refractivity contribution in [2.45, 2.75) is 25.9 Å². The minimum Gasteiger partial charge on any atom is -0.307 e. The Hall–Kier alpha value is -0.480. The topological polar surface area (TPSA) is 37.8 Å². The smallest absolute Gasteiger partial charge is 0.141 e. The van der Waals surface area contributed by atoms with Crippen LogP contribution in [-0.4, -0.2) is 21.3 Å². The van der Waals surface area contributed by atoms with Crippen molar-refractivity contribution in [1.82, 2.24) is 15.3 Å². The zero-order valence-corrected chi connectivity index (χ0v) is 9.29. The number of hydrogen-bond donors (Lipinski definition) is 1. The second-order valence-corrected chi connectivity index (χ2v) is 3.72. The molecule has 3 nitrogen and oxygen atoms in total. The Morgan fingerprint density at radius 3 is 2.77 bits per heavy atom. The molecule has 4 heteroatoms. The molecule has 1 rings (SSSR count). The summed E-state index contributed by atoms with van der Waals surface area (Å²) < 4.78 is 0. The fourth-order valence-electron chi connectivity index (χ4n) is 0.952. The molecule has 1 aromatic rings. The molecule has 0 aliphatic rings. The van der Waals surface area contributed by atoms with E-state index >= 15 is 0 Å². The van der Waals surface area contributed by atoms with E-state index in [0.717, 1.165) is 24.1 Å². The van der Waals surface area contributed by atoms with E-state index in [4.69, 9.17) is 0 Å². The summed E-state index contributed by atoms with van der Waals surface area (Å²) >= 11 is 3.40. The predicted molar refractivity (Wildman–Crippen MR) is 56.7 cm³/mol. The molecule has 0 saturated heterocycles. The summed E-state index contributed by atoms with van der Waals surface area (Å²) in [6.07, 6.45) is 4.64. The molecule has 0 fully saturated rings. The minimum atomic E-state index is 0.503. The van der Waals surface area contributed by atoms with Gasteiger partial charge in [0.2, 0.25) is 0 Å². The molecule has 13 heavy (non-hydrogen) atoms. The molecule has 1 aromatic heterocycles. The summed E-state index contributed by atoms with van der Waals surface area (Å²) in [5.41, 5.74) is 0. The SMILES string of the molecule is CC(CCBr)NCc1ncccn1. The standard InChI is InChI=1S/C9H14BrN3/c1-8(3-4-10)13-7-9-11-5-2-6-12-9/h2,5-6,8,13H,3-4,7H2,1H3. The van der Waals surface area contributed by atoms with Crippen LogP contribution < -0.4 is 5.32 Å². The first-order valence-corrected chi connectivity index (χ1v) is 5.50. The third kappa shape index (κ3) is 4.33. The molecule has 0 aliphatic heterocycles. The van der Waals surface area contributed by atoms with Crippen LogP contribution in [0.3, 0.4) is 0 Å². The van der Waals surface area contributed by atoms with E-state index in [9.17, 15) is 0 Å². The molecule has 0 amide bonds. The van der Waals surface area contributed by atoms with Gasteiger partial charge in [0.15, 0.2) is 0 Å². The molecule has 1 atom stereocenters. The lowest BCUT2D eigenvalue weighted by Crippen LogP contribution is -2.26. The molecule has 72 valence electrons. The van der Waals surface area contributed by atoms with Gasteiger partial charge in [-0.25, -0.2) is 9.97 Å². The number of rotatable bonds is 5. The Morgan fingerprint density at radius 1 is 1.46 bits per heavy atom. The zero-order chi connectivity index (χ0) is 9.52. The van der Waals surface area contributed by atoms with Crippen molar-refractivity contribution in [3.8, 4) is 0 Å². The van der Waals surface area contributed by atoms with Crippen LogP contribution in [0.5, 0.6) is 0 Å². The van der Waals surface area contributed by atoms with Gasteiger partial charge in [-0.2, -0.15) is 0 Å². The van der Waals surface area contributed by atoms with Gasteiger partial charge in [0.1, 0.15) is 5.82 Å². The predicted octanol–water partition coefficient (Wildman–Crippen LogP) is 1.74. The maximum absolute atomic E-state index is 4.13. The fourth-order valence-corrected chi connectivity index (χ4v) is 1.64. The molecule has 0 radical (unpaired) electrons. The average molecular weight is 244 g/mol. The van der Waals surface area contributed by atoms with Crippen LogP contribution >= 0.6 is 15.9 Å². The molecule has 0 spiro atoms. The number of nitrogens with zero attached hydrogens (tertiary/aromatic N) is 2. The van der Waals surface area contributed by atoms with Crippen molar-refractivity contribution in [2.75, 3.05) is 5.33 Å². The highest BCUT2D eigenvalue weighted by Crippen LogP contribution is 1.96. The number of alkyl halides is 1. The zero-order valence-electron chi connectivity index (χ0n) is 7.70. The number of aromatic nitrogens is 2. The van der Waals surface area contributed by atoms with Gasteiger partial charge in [-0.3, -0.25) is 0 Å². The number of nitrogens with one attached hydrogen (secondary N) is 1. The van der Waals surface area contributed by atoms with Gasteiger partial charge in [-0.05, 0) is 19.4 Å². The molecule has 0 bridgehead atoms. The van der Waals surface area contributed by atoms with Gasteiger partial charge in [0, 0.05) is 23.8 Å². The Bertz CT molecular complexity index is 228. The number of halogens is 1. The summed E-state index contributed by atoms with van der Waals surface area (Å²) in [5, 5.41) is 4.37. The summed E-state index contributed by atoms with van der Waals surface area (Å²) in [7, 11) is 0. The second-order valence-electron chi connectivity index (χ2n) is 2.92. The van der Waals surface area contributed by atoms with Crippen molar-refractivity contribution in [3.05, 3.63) is 24.3 Å². The van der Waals surface area contributed by atoms with Crippen LogP contribution in [0.15, 0.2) is 18.5 Å². The third-order valence-electron chi connectivity index (χ3n) is 1.77. The van der Waals surface area contributed by atoms with Crippen LogP contribution in [0, 0.1) is 0 Å². The van der Waals surface area contributed by atoms with Crippen LogP contribution in [0.1, 0.15) is 19.2 Å². The molecule has 0 saturated carbocycles. The summed E-state index contributed by atoms with van der Waals surface area (Å²) in [6, 6.07) is 2.33. The quantitative estimate of drug-likeness (QED) is 0.801. The van der Waals surface area contributed by atoms with Crippen molar-refractivity contribution >= 4 is 15.9 Å². The van der Waals surface area contributed by atoms with Gasteiger partial charge in [-0.15, -0.1) is 0 Å². The summed E-state index contributed by atoms with van der Waals surface area (Å²) in [6.45, 7) is 2.90. The van der Waals surface area contributed by atoms with Crippen molar-refractivity contribution < 1.29 is 0 Å². The normalized spacial score (nSPS) is 12.8. The largest absolute Gasteiger partial charge is 0.307 e. The van der Waals surface area contributed by atoms with Crippen molar-refractivity contribution in [1.29, 1.82) is 0 Å². The first-order chi connectivity index (χ1) is 6.33. The first-order valence-electron chi connectivity index (χ1n) is 4.38. The lowest BCUT2D eigenvalue weighted by molar-refractivity contribution is 0.527. The maximum atomic E-state index is 4.13. The maximum Gasteiger partial charge on any atom is 0.141 e. The fraction of sp³-hybridized carbons (Fsp3) is 0.556. The Balaban J connectivity index is 2.27. The van der Waals surface area contributed by atoms with E-state index in [-0.39, 0.29) is 0 Å². The van der Waals surface area contributed by atoms with Gasteiger partial charge >= 0.3 is 0 Å². The lowest BCUT2D eigenvalue weighted by Gasteiger charge is -2.10. The third-order valence-corrected chi connectivity index (χ3v) is 2.23. The first kappa shape index (κ1) is 10.6. The minimum absolute atomic E-state index is 0.503. The van der Waals surface area contributed by atoms with Crippen LogP contribution in [0.2, 0.25) is 0 Å². The summed E-state index contributed by atoms with van der Waals surface area (Å²) in [4.78, 5) is 8.25. The van der Waals surface area contributed by atoms with Gasteiger partial charge in [0.25, 0.3) is 0 Å². The van der Waals surface area contributed by atoms with E-state index in [0.29, 0.717) is 6.04 Å². The number of hydrogen-bond acceptors (Lipinski definition) is 3. The summed E-state index contributed by atoms with van der Waals surface area (Å²) in [5.74, 6) is 0.851. The second kappa shape index (κ2) is 6.05. The van der Waals surface area contributed by atoms with E-state index in [2.05, 4.69) is 38.1 Å². The van der Waals surface area contributed by atoms with E-state index in [1.807, 2.05) is 6.07 Å². The van der Waals surface area contributed by atoms with Gasteiger partial charge in [0.05, 0.1) is 6.54 Å². The van der Waals surface area contributed by atoms with Crippen LogP contribution in [0.25, 0.3) is 0 Å². The van der Waals surface area contributed by atoms with E-state index in [1.54, 1.807) is 12.4 Å². The average Bonchev–Trinajstić information content (AvgIpc) is 2.17. The highest BCUT2D eigenvalue weighted by atomic mass is 79.9. The van der Waals surface area contributed by atoms with Crippen LogP contribution in [0.4, 0.5) is 0 Å².